The number of nitrogen functional groups attached to an aromatic ring is 1. The molecule has 1 aromatic rings. The fourth-order valence-electron chi connectivity index (χ4n) is 2.24. The van der Waals surface area contributed by atoms with Crippen LogP contribution < -0.4 is 11.3 Å². The number of likely N-dealkylation sites (N-methyl/N-ethyl adjacent to an activating group) is 1. The van der Waals surface area contributed by atoms with Gasteiger partial charge >= 0.3 is 0 Å². The number of nitrogens with one attached hydrogen (secondary N) is 1. The van der Waals surface area contributed by atoms with Crippen LogP contribution in [0.4, 0.5) is 11.4 Å². The highest BCUT2D eigenvalue weighted by Crippen LogP contribution is 2.25. The molecule has 1 saturated heterocycles. The van der Waals surface area contributed by atoms with Crippen LogP contribution >= 0.6 is 0 Å². The summed E-state index contributed by atoms with van der Waals surface area (Å²) in [6.07, 6.45) is 1.02. The standard InChI is InChI=1S/C12H18N4O3/c1-15(10-4-5-19-8-10)7-9-2-3-12(16(17)18)11(6-9)14-13/h2-3,6,10,14H,4-5,7-8,13H2,1H3. The van der Waals surface area contributed by atoms with Gasteiger partial charge in [0.05, 0.1) is 11.5 Å². The van der Waals surface area contributed by atoms with Gasteiger partial charge in [0.15, 0.2) is 0 Å². The Morgan fingerprint density at radius 1 is 1.63 bits per heavy atom. The molecule has 0 saturated carbocycles. The highest BCUT2D eigenvalue weighted by atomic mass is 16.6. The number of nitrogens with two attached hydrogens (primary N) is 1. The molecule has 1 fully saturated rings. The maximum Gasteiger partial charge on any atom is 0.293 e. The molecule has 1 aliphatic rings. The average molecular weight is 266 g/mol. The fraction of sp³-hybridized carbons (Fsp3) is 0.500. The van der Waals surface area contributed by atoms with Gasteiger partial charge < -0.3 is 10.2 Å². The van der Waals surface area contributed by atoms with Gasteiger partial charge in [-0.2, -0.15) is 0 Å². The van der Waals surface area contributed by atoms with E-state index in [9.17, 15) is 10.1 Å². The van der Waals surface area contributed by atoms with Crippen LogP contribution in [0.1, 0.15) is 12.0 Å². The van der Waals surface area contributed by atoms with Gasteiger partial charge in [0.2, 0.25) is 0 Å². The molecule has 1 atom stereocenters. The minimum atomic E-state index is -0.451. The van der Waals surface area contributed by atoms with Crippen LogP contribution in [0.2, 0.25) is 0 Å². The Balaban J connectivity index is 2.10. The van der Waals surface area contributed by atoms with Crippen molar-refractivity contribution in [1.29, 1.82) is 0 Å². The molecular formula is C12H18N4O3. The number of benzene rings is 1. The molecule has 0 bridgehead atoms. The lowest BCUT2D eigenvalue weighted by Crippen LogP contribution is -2.31. The summed E-state index contributed by atoms with van der Waals surface area (Å²) in [5.74, 6) is 5.32. The monoisotopic (exact) mass is 266 g/mol. The Morgan fingerprint density at radius 2 is 2.42 bits per heavy atom. The fourth-order valence-corrected chi connectivity index (χ4v) is 2.24. The predicted octanol–water partition coefficient (Wildman–Crippen LogP) is 1.10. The van der Waals surface area contributed by atoms with E-state index in [-0.39, 0.29) is 5.69 Å². The van der Waals surface area contributed by atoms with E-state index in [1.165, 1.54) is 6.07 Å². The summed E-state index contributed by atoms with van der Waals surface area (Å²) in [5.41, 5.74) is 3.67. The first-order valence-corrected chi connectivity index (χ1v) is 6.13. The van der Waals surface area contributed by atoms with Crippen molar-refractivity contribution in [2.45, 2.75) is 19.0 Å². The van der Waals surface area contributed by atoms with E-state index in [2.05, 4.69) is 10.3 Å². The lowest BCUT2D eigenvalue weighted by molar-refractivity contribution is -0.384. The van der Waals surface area contributed by atoms with E-state index >= 15 is 0 Å². The smallest absolute Gasteiger partial charge is 0.293 e. The quantitative estimate of drug-likeness (QED) is 0.471. The van der Waals surface area contributed by atoms with Gasteiger partial charge in [0, 0.05) is 25.3 Å². The number of nitro groups is 1. The van der Waals surface area contributed by atoms with E-state index in [1.54, 1.807) is 12.1 Å². The number of ether oxygens (including phenoxy) is 1. The van der Waals surface area contributed by atoms with Gasteiger partial charge in [-0.1, -0.05) is 6.07 Å². The predicted molar refractivity (Wildman–Crippen MR) is 71.6 cm³/mol. The zero-order valence-electron chi connectivity index (χ0n) is 10.8. The third-order valence-corrected chi connectivity index (χ3v) is 3.37. The van der Waals surface area contributed by atoms with Crippen LogP contribution in [0.15, 0.2) is 18.2 Å². The second-order valence-electron chi connectivity index (χ2n) is 4.69. The molecule has 19 heavy (non-hydrogen) atoms. The number of anilines is 1. The van der Waals surface area contributed by atoms with E-state index in [1.807, 2.05) is 7.05 Å². The first kappa shape index (κ1) is 13.7. The van der Waals surface area contributed by atoms with Gasteiger partial charge in [0.1, 0.15) is 5.69 Å². The zero-order valence-corrected chi connectivity index (χ0v) is 10.8. The second-order valence-corrected chi connectivity index (χ2v) is 4.69. The normalized spacial score (nSPS) is 18.8. The van der Waals surface area contributed by atoms with Crippen molar-refractivity contribution in [2.75, 3.05) is 25.7 Å². The number of nitro benzene ring substituents is 1. The number of hydrazine groups is 1. The highest BCUT2D eigenvalue weighted by Gasteiger charge is 2.21. The SMILES string of the molecule is CN(Cc1ccc([N+](=O)[O-])c(NN)c1)C1CCOC1. The van der Waals surface area contributed by atoms with Gasteiger partial charge in [-0.3, -0.25) is 20.9 Å². The molecule has 1 unspecified atom stereocenters. The first-order chi connectivity index (χ1) is 9.11. The van der Waals surface area contributed by atoms with Crippen molar-refractivity contribution < 1.29 is 9.66 Å². The molecule has 104 valence electrons. The molecule has 1 aromatic carbocycles. The minimum Gasteiger partial charge on any atom is -0.380 e. The number of nitrogens with zero attached hydrogens (tertiary/aromatic N) is 2. The molecule has 0 aromatic heterocycles. The molecule has 0 aliphatic carbocycles. The van der Waals surface area contributed by atoms with Crippen molar-refractivity contribution >= 4 is 11.4 Å². The maximum atomic E-state index is 10.8. The summed E-state index contributed by atoms with van der Waals surface area (Å²) < 4.78 is 5.35. The summed E-state index contributed by atoms with van der Waals surface area (Å²) in [4.78, 5) is 12.5. The third kappa shape index (κ3) is 3.19. The van der Waals surface area contributed by atoms with Crippen molar-refractivity contribution in [1.82, 2.24) is 4.90 Å². The molecule has 2 rings (SSSR count). The van der Waals surface area contributed by atoms with E-state index in [0.717, 1.165) is 25.2 Å². The third-order valence-electron chi connectivity index (χ3n) is 3.37. The Labute approximate surface area is 111 Å². The lowest BCUT2D eigenvalue weighted by atomic mass is 10.1. The number of hydrogen-bond donors (Lipinski definition) is 2. The second kappa shape index (κ2) is 5.96. The van der Waals surface area contributed by atoms with Crippen LogP contribution in [0.25, 0.3) is 0 Å². The van der Waals surface area contributed by atoms with Crippen LogP contribution in [0.5, 0.6) is 0 Å². The summed E-state index contributed by atoms with van der Waals surface area (Å²) in [5, 5.41) is 10.8. The van der Waals surface area contributed by atoms with E-state index in [0.29, 0.717) is 18.3 Å². The molecule has 7 nitrogen and oxygen atoms in total. The van der Waals surface area contributed by atoms with Crippen LogP contribution in [0.3, 0.4) is 0 Å². The topological polar surface area (TPSA) is 93.7 Å². The summed E-state index contributed by atoms with van der Waals surface area (Å²) in [6, 6.07) is 5.35. The Bertz CT molecular complexity index is 460. The highest BCUT2D eigenvalue weighted by molar-refractivity contribution is 5.62. The van der Waals surface area contributed by atoms with Crippen molar-refractivity contribution in [3.8, 4) is 0 Å². The molecule has 1 heterocycles. The van der Waals surface area contributed by atoms with Crippen LogP contribution in [-0.4, -0.2) is 36.1 Å². The van der Waals surface area contributed by atoms with Gasteiger partial charge in [0.25, 0.3) is 5.69 Å². The molecule has 3 N–H and O–H groups in total. The Morgan fingerprint density at radius 3 is 3.00 bits per heavy atom. The first-order valence-electron chi connectivity index (χ1n) is 6.13. The van der Waals surface area contributed by atoms with Crippen LogP contribution in [-0.2, 0) is 11.3 Å². The molecule has 7 heteroatoms. The summed E-state index contributed by atoms with van der Waals surface area (Å²) in [7, 11) is 2.02. The molecule has 0 radical (unpaired) electrons. The van der Waals surface area contributed by atoms with Crippen LogP contribution in [0, 0.1) is 10.1 Å². The Kier molecular flexibility index (Phi) is 4.31. The minimum absolute atomic E-state index is 0.0156. The molecular weight excluding hydrogens is 248 g/mol. The van der Waals surface area contributed by atoms with Gasteiger partial charge in [-0.15, -0.1) is 0 Å². The maximum absolute atomic E-state index is 10.8. The Hall–Kier alpha value is -1.70. The summed E-state index contributed by atoms with van der Waals surface area (Å²) in [6.45, 7) is 2.25. The largest absolute Gasteiger partial charge is 0.380 e. The van der Waals surface area contributed by atoms with Crippen molar-refractivity contribution in [2.24, 2.45) is 5.84 Å². The summed E-state index contributed by atoms with van der Waals surface area (Å²) >= 11 is 0. The van der Waals surface area contributed by atoms with E-state index < -0.39 is 4.92 Å². The van der Waals surface area contributed by atoms with Gasteiger partial charge in [-0.05, 0) is 25.1 Å². The van der Waals surface area contributed by atoms with E-state index in [4.69, 9.17) is 10.6 Å². The molecule has 1 aliphatic heterocycles. The average Bonchev–Trinajstić information content (AvgIpc) is 2.92. The van der Waals surface area contributed by atoms with Crippen molar-refractivity contribution in [3.63, 3.8) is 0 Å². The lowest BCUT2D eigenvalue weighted by Gasteiger charge is -2.22. The van der Waals surface area contributed by atoms with Gasteiger partial charge in [-0.25, -0.2) is 0 Å². The number of rotatable bonds is 5. The van der Waals surface area contributed by atoms with Crippen molar-refractivity contribution in [3.05, 3.63) is 33.9 Å². The molecule has 0 spiro atoms. The molecule has 0 amide bonds. The number of hydrogen-bond acceptors (Lipinski definition) is 6. The zero-order chi connectivity index (χ0) is 13.8.